The van der Waals surface area contributed by atoms with Gasteiger partial charge in [-0.15, -0.1) is 0 Å². The summed E-state index contributed by atoms with van der Waals surface area (Å²) in [4.78, 5) is 0. The van der Waals surface area contributed by atoms with Crippen molar-refractivity contribution >= 4 is 0 Å². The fourth-order valence-corrected chi connectivity index (χ4v) is 1.50. The van der Waals surface area contributed by atoms with Gasteiger partial charge in [-0.3, -0.25) is 0 Å². The number of rotatable bonds is 6. The van der Waals surface area contributed by atoms with E-state index in [1.807, 2.05) is 0 Å². The molecule has 1 aromatic rings. The lowest BCUT2D eigenvalue weighted by atomic mass is 9.95. The first-order valence-electron chi connectivity index (χ1n) is 5.25. The highest BCUT2D eigenvalue weighted by atomic mass is 19.1. The predicted molar refractivity (Wildman–Crippen MR) is 60.7 cm³/mol. The van der Waals surface area contributed by atoms with Gasteiger partial charge in [0.15, 0.2) is 0 Å². The fourth-order valence-electron chi connectivity index (χ4n) is 1.50. The second-order valence-electron chi connectivity index (χ2n) is 3.92. The van der Waals surface area contributed by atoms with E-state index in [0.717, 1.165) is 0 Å². The van der Waals surface area contributed by atoms with Crippen LogP contribution in [0.3, 0.4) is 0 Å². The molecule has 0 saturated heterocycles. The number of nitrogens with one attached hydrogen (secondary N) is 1. The number of hydrogen-bond donors (Lipinski definition) is 2. The molecule has 0 aliphatic carbocycles. The van der Waals surface area contributed by atoms with E-state index in [0.29, 0.717) is 18.7 Å². The van der Waals surface area contributed by atoms with Crippen molar-refractivity contribution in [3.8, 4) is 0 Å². The molecule has 0 aromatic heterocycles. The van der Waals surface area contributed by atoms with Crippen LogP contribution in [0.4, 0.5) is 4.39 Å². The molecule has 0 aliphatic rings. The maximum Gasteiger partial charge on any atom is 0.129 e. The van der Waals surface area contributed by atoms with Gasteiger partial charge >= 0.3 is 0 Å². The van der Waals surface area contributed by atoms with Gasteiger partial charge in [0.05, 0.1) is 6.61 Å². The van der Waals surface area contributed by atoms with Crippen LogP contribution in [0, 0.1) is 5.82 Å². The van der Waals surface area contributed by atoms with Crippen LogP contribution in [-0.4, -0.2) is 31.9 Å². The molecule has 0 saturated carbocycles. The second-order valence-corrected chi connectivity index (χ2v) is 3.92. The third-order valence-corrected chi connectivity index (χ3v) is 2.41. The van der Waals surface area contributed by atoms with Gasteiger partial charge in [0.25, 0.3) is 0 Å². The van der Waals surface area contributed by atoms with Crippen LogP contribution in [0.15, 0.2) is 24.3 Å². The monoisotopic (exact) mass is 227 g/mol. The van der Waals surface area contributed by atoms with Crippen molar-refractivity contribution in [1.29, 1.82) is 0 Å². The minimum atomic E-state index is -1.21. The normalized spacial score (nSPS) is 14.8. The molecule has 4 heteroatoms. The van der Waals surface area contributed by atoms with Crippen LogP contribution in [0.5, 0.6) is 0 Å². The van der Waals surface area contributed by atoms with Crippen molar-refractivity contribution in [3.63, 3.8) is 0 Å². The highest BCUT2D eigenvalue weighted by molar-refractivity contribution is 5.23. The van der Waals surface area contributed by atoms with Crippen molar-refractivity contribution in [2.75, 3.05) is 26.8 Å². The molecule has 0 aliphatic heterocycles. The van der Waals surface area contributed by atoms with Crippen molar-refractivity contribution in [1.82, 2.24) is 5.32 Å². The van der Waals surface area contributed by atoms with E-state index in [1.54, 1.807) is 32.2 Å². The first kappa shape index (κ1) is 13.1. The summed E-state index contributed by atoms with van der Waals surface area (Å²) >= 11 is 0. The van der Waals surface area contributed by atoms with E-state index >= 15 is 0 Å². The smallest absolute Gasteiger partial charge is 0.129 e. The van der Waals surface area contributed by atoms with Gasteiger partial charge < -0.3 is 15.2 Å². The molecule has 0 spiro atoms. The summed E-state index contributed by atoms with van der Waals surface area (Å²) in [5.74, 6) is -0.388. The summed E-state index contributed by atoms with van der Waals surface area (Å²) in [6.45, 7) is 3.07. The molecular formula is C12H18FNO2. The van der Waals surface area contributed by atoms with Gasteiger partial charge in [-0.1, -0.05) is 18.2 Å². The highest BCUT2D eigenvalue weighted by Gasteiger charge is 2.25. The van der Waals surface area contributed by atoms with Crippen molar-refractivity contribution in [2.24, 2.45) is 0 Å². The molecule has 1 aromatic carbocycles. The number of halogens is 1. The van der Waals surface area contributed by atoms with E-state index in [-0.39, 0.29) is 12.4 Å². The Kier molecular flexibility index (Phi) is 4.86. The molecule has 0 amide bonds. The van der Waals surface area contributed by atoms with E-state index in [4.69, 9.17) is 4.74 Å². The molecule has 90 valence electrons. The van der Waals surface area contributed by atoms with Crippen molar-refractivity contribution in [3.05, 3.63) is 35.6 Å². The van der Waals surface area contributed by atoms with Crippen LogP contribution >= 0.6 is 0 Å². The van der Waals surface area contributed by atoms with Gasteiger partial charge in [0.2, 0.25) is 0 Å². The molecule has 0 radical (unpaired) electrons. The molecule has 0 fully saturated rings. The van der Waals surface area contributed by atoms with Crippen LogP contribution in [0.2, 0.25) is 0 Å². The summed E-state index contributed by atoms with van der Waals surface area (Å²) in [5, 5.41) is 13.1. The summed E-state index contributed by atoms with van der Waals surface area (Å²) in [7, 11) is 1.61. The lowest BCUT2D eigenvalue weighted by Gasteiger charge is -2.24. The zero-order valence-corrected chi connectivity index (χ0v) is 9.66. The molecule has 1 unspecified atom stereocenters. The standard InChI is InChI=1S/C12H18FNO2/c1-12(15,9-14-7-8-16-2)10-5-3-4-6-11(10)13/h3-6,14-15H,7-9H2,1-2H3. The molecule has 2 N–H and O–H groups in total. The maximum absolute atomic E-state index is 13.4. The number of aliphatic hydroxyl groups is 1. The van der Waals surface area contributed by atoms with Crippen LogP contribution in [-0.2, 0) is 10.3 Å². The number of methoxy groups -OCH3 is 1. The largest absolute Gasteiger partial charge is 0.384 e. The molecule has 16 heavy (non-hydrogen) atoms. The van der Waals surface area contributed by atoms with Crippen LogP contribution in [0.25, 0.3) is 0 Å². The summed E-state index contributed by atoms with van der Waals surface area (Å²) in [5.41, 5.74) is -0.904. The van der Waals surface area contributed by atoms with Crippen LogP contribution in [0.1, 0.15) is 12.5 Å². The Bertz CT molecular complexity index is 329. The van der Waals surface area contributed by atoms with Crippen molar-refractivity contribution in [2.45, 2.75) is 12.5 Å². The average Bonchev–Trinajstić information content (AvgIpc) is 2.25. The quantitative estimate of drug-likeness (QED) is 0.719. The van der Waals surface area contributed by atoms with E-state index in [9.17, 15) is 9.50 Å². The Morgan fingerprint density at radius 2 is 2.12 bits per heavy atom. The van der Waals surface area contributed by atoms with Gasteiger partial charge in [-0.25, -0.2) is 4.39 Å². The summed E-state index contributed by atoms with van der Waals surface area (Å²) in [6.07, 6.45) is 0. The fraction of sp³-hybridized carbons (Fsp3) is 0.500. The molecule has 1 rings (SSSR count). The SMILES string of the molecule is COCCNCC(C)(O)c1ccccc1F. The zero-order valence-electron chi connectivity index (χ0n) is 9.66. The van der Waals surface area contributed by atoms with Gasteiger partial charge in [0, 0.05) is 25.8 Å². The molecule has 3 nitrogen and oxygen atoms in total. The first-order chi connectivity index (χ1) is 7.58. The Balaban J connectivity index is 2.59. The van der Waals surface area contributed by atoms with Crippen LogP contribution < -0.4 is 5.32 Å². The lowest BCUT2D eigenvalue weighted by molar-refractivity contribution is 0.0514. The van der Waals surface area contributed by atoms with Gasteiger partial charge in [-0.2, -0.15) is 0 Å². The topological polar surface area (TPSA) is 41.5 Å². The molecule has 0 bridgehead atoms. The van der Waals surface area contributed by atoms with E-state index in [1.165, 1.54) is 6.07 Å². The number of hydrogen-bond acceptors (Lipinski definition) is 3. The van der Waals surface area contributed by atoms with E-state index in [2.05, 4.69) is 5.32 Å². The average molecular weight is 227 g/mol. The third kappa shape index (κ3) is 3.56. The van der Waals surface area contributed by atoms with Gasteiger partial charge in [0.1, 0.15) is 11.4 Å². The predicted octanol–water partition coefficient (Wildman–Crippen LogP) is 1.27. The molecule has 0 heterocycles. The summed E-state index contributed by atoms with van der Waals surface area (Å²) < 4.78 is 18.3. The zero-order chi connectivity index (χ0) is 12.0. The Hall–Kier alpha value is -0.970. The Morgan fingerprint density at radius 1 is 1.44 bits per heavy atom. The first-order valence-corrected chi connectivity index (χ1v) is 5.25. The molecule has 1 atom stereocenters. The second kappa shape index (κ2) is 5.94. The highest BCUT2D eigenvalue weighted by Crippen LogP contribution is 2.22. The Morgan fingerprint density at radius 3 is 2.75 bits per heavy atom. The van der Waals surface area contributed by atoms with Gasteiger partial charge in [-0.05, 0) is 13.0 Å². The minimum absolute atomic E-state index is 0.289. The van der Waals surface area contributed by atoms with E-state index < -0.39 is 5.60 Å². The number of ether oxygens (including phenoxy) is 1. The summed E-state index contributed by atoms with van der Waals surface area (Å²) in [6, 6.07) is 6.25. The molecular weight excluding hydrogens is 209 g/mol. The maximum atomic E-state index is 13.4. The third-order valence-electron chi connectivity index (χ3n) is 2.41. The Labute approximate surface area is 95.2 Å². The minimum Gasteiger partial charge on any atom is -0.384 e. The number of benzene rings is 1. The lowest BCUT2D eigenvalue weighted by Crippen LogP contribution is -2.37. The van der Waals surface area contributed by atoms with Crippen molar-refractivity contribution < 1.29 is 14.2 Å².